The second-order valence-electron chi connectivity index (χ2n) is 36.8. The van der Waals surface area contributed by atoms with Gasteiger partial charge in [0.25, 0.3) is 11.8 Å². The predicted octanol–water partition coefficient (Wildman–Crippen LogP) is -14.5. The Kier molecular flexibility index (Phi) is 56.9. The lowest BCUT2D eigenvalue weighted by Gasteiger charge is -2.40. The summed E-state index contributed by atoms with van der Waals surface area (Å²) in [6, 6.07) is -1.49. The summed E-state index contributed by atoms with van der Waals surface area (Å²) in [6.45, 7) is -8.40. The molecule has 0 bridgehead atoms. The molecule has 7 aliphatic rings. The van der Waals surface area contributed by atoms with Crippen LogP contribution in [-0.2, 0) is 119 Å². The van der Waals surface area contributed by atoms with Gasteiger partial charge in [0.15, 0.2) is 37.7 Å². The molecule has 7 heterocycles. The maximum atomic E-state index is 14.4. The molecule has 7 fully saturated rings. The summed E-state index contributed by atoms with van der Waals surface area (Å²) in [5.74, 6) is -9.09. The lowest BCUT2D eigenvalue weighted by molar-refractivity contribution is -0.303. The normalized spacial score (nSPS) is 31.4. The summed E-state index contributed by atoms with van der Waals surface area (Å²) in [4.78, 5) is 170. The van der Waals surface area contributed by atoms with Gasteiger partial charge in [-0.3, -0.25) is 52.7 Å². The molecule has 6 unspecified atom stereocenters. The Morgan fingerprint density at radius 1 is 0.299 bits per heavy atom. The van der Waals surface area contributed by atoms with E-state index >= 15 is 0 Å². The van der Waals surface area contributed by atoms with Gasteiger partial charge in [-0.15, -0.1) is 5.06 Å². The second-order valence-corrected chi connectivity index (χ2v) is 36.8. The van der Waals surface area contributed by atoms with Crippen molar-refractivity contribution < 1.29 is 242 Å². The number of aliphatic hydroxyl groups excluding tert-OH is 24. The Bertz CT molecular complexity index is 3820. The summed E-state index contributed by atoms with van der Waals surface area (Å²) in [6.07, 6.45) is -51.0. The third kappa shape index (κ3) is 40.0. The molecule has 147 heavy (non-hydrogen) atoms. The first-order chi connectivity index (χ1) is 70.1. The van der Waals surface area contributed by atoms with Crippen molar-refractivity contribution in [1.29, 1.82) is 0 Å². The first-order valence-electron chi connectivity index (χ1n) is 49.7. The number of aliphatic hydroxyl groups is 24. The van der Waals surface area contributed by atoms with E-state index in [1.807, 2.05) is 0 Å². The van der Waals surface area contributed by atoms with Crippen LogP contribution in [0.1, 0.15) is 161 Å². The molecule has 7 rings (SSSR count). The van der Waals surface area contributed by atoms with Gasteiger partial charge in [0.2, 0.25) is 41.4 Å². The van der Waals surface area contributed by atoms with Gasteiger partial charge < -0.3 is 220 Å². The zero-order chi connectivity index (χ0) is 108. The first kappa shape index (κ1) is 127. The quantitative estimate of drug-likeness (QED) is 0.0199. The number of amides is 9. The molecular formula is C90H152N8O49. The van der Waals surface area contributed by atoms with Crippen LogP contribution in [0.4, 0.5) is 0 Å². The van der Waals surface area contributed by atoms with Gasteiger partial charge >= 0.3 is 5.97 Å². The number of Topliss-reactive ketones (excluding diaryl/α,β-unsaturated/α-hetero) is 2. The molecule has 0 radical (unpaired) electrons. The number of imide groups is 1. The Morgan fingerprint density at radius 3 is 0.891 bits per heavy atom. The number of hydrogen-bond donors (Lipinski definition) is 28. The van der Waals surface area contributed by atoms with Crippen LogP contribution < -0.4 is 21.3 Å². The highest BCUT2D eigenvalue weighted by Crippen LogP contribution is 2.31. The van der Waals surface area contributed by atoms with Crippen molar-refractivity contribution in [2.24, 2.45) is 5.92 Å². The van der Waals surface area contributed by atoms with Crippen LogP contribution >= 0.6 is 0 Å². The largest absolute Gasteiger partial charge is 0.394 e. The molecule has 0 aromatic heterocycles. The van der Waals surface area contributed by atoms with Crippen LogP contribution in [0.25, 0.3) is 0 Å². The average molecular weight is 2130 g/mol. The van der Waals surface area contributed by atoms with Crippen molar-refractivity contribution in [3.63, 3.8) is 0 Å². The maximum Gasteiger partial charge on any atom is 0.333 e. The molecule has 7 aliphatic heterocycles. The number of hydrogen-bond acceptors (Lipinski definition) is 49. The molecule has 846 valence electrons. The highest BCUT2D eigenvalue weighted by Gasteiger charge is 2.51. The molecule has 28 N–H and O–H groups in total. The van der Waals surface area contributed by atoms with E-state index in [1.165, 1.54) is 14.7 Å². The molecule has 57 heteroatoms. The molecule has 57 nitrogen and oxygen atoms in total. The van der Waals surface area contributed by atoms with Gasteiger partial charge in [0, 0.05) is 142 Å². The molecule has 32 atom stereocenters. The zero-order valence-corrected chi connectivity index (χ0v) is 81.7. The molecule has 7 saturated heterocycles. The van der Waals surface area contributed by atoms with Gasteiger partial charge in [-0.2, -0.15) is 0 Å². The van der Waals surface area contributed by atoms with Crippen molar-refractivity contribution in [3.05, 3.63) is 0 Å². The highest BCUT2D eigenvalue weighted by atomic mass is 16.8. The van der Waals surface area contributed by atoms with E-state index in [2.05, 4.69) is 21.3 Å². The lowest BCUT2D eigenvalue weighted by atomic mass is 9.93. The van der Waals surface area contributed by atoms with Crippen LogP contribution in [0.5, 0.6) is 0 Å². The fraction of sp³-hybridized carbons (Fsp3) is 0.867. The molecule has 0 spiro atoms. The molecule has 0 saturated carbocycles. The van der Waals surface area contributed by atoms with E-state index in [0.717, 1.165) is 0 Å². The van der Waals surface area contributed by atoms with Crippen LogP contribution in [0.15, 0.2) is 0 Å². The second kappa shape index (κ2) is 66.0. The van der Waals surface area contributed by atoms with Crippen molar-refractivity contribution in [1.82, 2.24) is 41.0 Å². The summed E-state index contributed by atoms with van der Waals surface area (Å²) >= 11 is 0. The van der Waals surface area contributed by atoms with Gasteiger partial charge in [-0.25, -0.2) is 4.79 Å². The van der Waals surface area contributed by atoms with Crippen molar-refractivity contribution in [2.45, 2.75) is 351 Å². The topological polar surface area (TPSA) is 871 Å². The first-order valence-corrected chi connectivity index (χ1v) is 49.7. The fourth-order valence-corrected chi connectivity index (χ4v) is 16.8. The predicted molar refractivity (Wildman–Crippen MR) is 486 cm³/mol. The third-order valence-electron chi connectivity index (χ3n) is 26.0. The summed E-state index contributed by atoms with van der Waals surface area (Å²) in [5.41, 5.74) is 0. The van der Waals surface area contributed by atoms with Gasteiger partial charge in [0.05, 0.1) is 79.3 Å². The van der Waals surface area contributed by atoms with E-state index in [-0.39, 0.29) is 227 Å². The zero-order valence-electron chi connectivity index (χ0n) is 81.7. The van der Waals surface area contributed by atoms with Crippen molar-refractivity contribution in [3.8, 4) is 0 Å². The minimum absolute atomic E-state index is 0.0302. The standard InChI is InChI=1S/C90H152N8O49/c99-41-51-65(115)71(121)77(127)85(141-51)135-34-28-95(29-35-136-86-78(128)72(122)66(116)52(42-100)142-86)59(109)13-4-1-9-25-91-57(107)21-17-47(83(133)92-26-10-2-5-14-60(110)96(30-36-137-87-79(129)73(123)67(117)53(43-101)143-87)31-37-138-88-80(130)74(124)68(118)54(44-102)144-88)40-49(106)18-20-50(94-58(108)22-19-48(105)12-7-8-16-64(114)147-98-62(112)23-24-63(98)113)84(134)93-27-11-3-6-15-61(111)97(32-38-139-89-81(131)75(125)69(119)55(45-103)145-89)33-39-140-90-82(132)76(126)70(120)56(46-104)146-90/h47,50-56,65-82,85-90,99-104,115-132H,1-46H2,(H,91,107)(H,92,133)(H,93,134)(H,94,108)/t47-,50+,51-,52-,53-,54-,55-,56-,65-,66-,67-,68-,69-,70-,71+,72+,73+,74+,75+,76+,77+,78+,79+,80+,81+,82+,85?,86?,87?,88?,89?,90?/m1/s1. The monoisotopic (exact) mass is 2130 g/mol. The Hall–Kier alpha value is -7.20. The SMILES string of the molecule is O=C(CCCCC(=O)ON1C(=O)CCC1=O)CCC(=O)N[C@@H](CCC(=O)C[C@@H](CCC(=O)NCCCCCC(=O)N(CCOC1O[C@H](CO)[C@@H](O)[C@H](O)[C@@H]1O)CCOC1O[C@H](CO)[C@@H](O)[C@H](O)[C@@H]1O)C(=O)NCCCCCC(=O)N(CCOC1O[C@H](CO)[C@@H](O)[C@H](O)[C@@H]1O)CCOC1O[C@H](CO)[C@@H](O)[C@H](O)[C@@H]1O)C(=O)NCCCCCC(=O)N(CCOC1O[C@H](CO)[C@@H](O)[C@H](O)[C@@H]1O)CCOC1O[C@H](CO)[C@@H](O)[C@H](O)[C@@H]1O. The highest BCUT2D eigenvalue weighted by molar-refractivity contribution is 6.01. The number of ether oxygens (including phenoxy) is 12. The summed E-state index contributed by atoms with van der Waals surface area (Å²) in [5, 5.41) is 257. The number of nitrogens with one attached hydrogen (secondary N) is 4. The van der Waals surface area contributed by atoms with Crippen LogP contribution in [0.2, 0.25) is 0 Å². The number of ketones is 2. The Labute approximate surface area is 845 Å². The Morgan fingerprint density at radius 2 is 0.585 bits per heavy atom. The summed E-state index contributed by atoms with van der Waals surface area (Å²) < 4.78 is 66.3. The van der Waals surface area contributed by atoms with E-state index in [4.69, 9.17) is 61.7 Å². The van der Waals surface area contributed by atoms with Crippen LogP contribution in [-0.4, -0.2) is 541 Å². The van der Waals surface area contributed by atoms with Gasteiger partial charge in [-0.1, -0.05) is 19.3 Å². The molecule has 0 aromatic carbocycles. The lowest BCUT2D eigenvalue weighted by Crippen LogP contribution is -2.59. The fourth-order valence-electron chi connectivity index (χ4n) is 16.8. The maximum absolute atomic E-state index is 14.4. The Balaban J connectivity index is 1.00. The van der Waals surface area contributed by atoms with Crippen molar-refractivity contribution in [2.75, 3.05) is 138 Å². The number of rotatable bonds is 68. The number of carbonyl (C=O) groups excluding carboxylic acids is 12. The third-order valence-corrected chi connectivity index (χ3v) is 26.0. The van der Waals surface area contributed by atoms with E-state index in [9.17, 15) is 180 Å². The number of hydroxylamine groups is 2. The minimum Gasteiger partial charge on any atom is -0.394 e. The summed E-state index contributed by atoms with van der Waals surface area (Å²) in [7, 11) is 0. The van der Waals surface area contributed by atoms with Gasteiger partial charge in [0.1, 0.15) is 164 Å². The molecule has 0 aromatic rings. The minimum atomic E-state index is -1.80. The number of carbonyl (C=O) groups is 12. The van der Waals surface area contributed by atoms with Crippen molar-refractivity contribution >= 4 is 70.7 Å². The molecule has 9 amide bonds. The van der Waals surface area contributed by atoms with E-state index < -0.39 is 332 Å². The van der Waals surface area contributed by atoms with E-state index in [1.54, 1.807) is 0 Å². The molecule has 0 aliphatic carbocycles. The molecular weight excluding hydrogens is 1980 g/mol. The van der Waals surface area contributed by atoms with Crippen LogP contribution in [0, 0.1) is 5.92 Å². The van der Waals surface area contributed by atoms with Crippen LogP contribution in [0.3, 0.4) is 0 Å². The van der Waals surface area contributed by atoms with E-state index in [0.29, 0.717) is 11.5 Å². The number of unbranched alkanes of at least 4 members (excludes halogenated alkanes) is 7. The smallest absolute Gasteiger partial charge is 0.333 e. The average Bonchev–Trinajstić information content (AvgIpc) is 1.79. The number of nitrogens with zero attached hydrogens (tertiary/aromatic N) is 4. The van der Waals surface area contributed by atoms with Gasteiger partial charge in [-0.05, 0) is 64.2 Å².